The van der Waals surface area contributed by atoms with Crippen LogP contribution in [0.4, 0.5) is 5.69 Å². The Morgan fingerprint density at radius 3 is 2.81 bits per heavy atom. The van der Waals surface area contributed by atoms with Crippen LogP contribution in [0, 0.1) is 10.1 Å². The summed E-state index contributed by atoms with van der Waals surface area (Å²) in [6.45, 7) is -0.0531. The molecule has 0 saturated heterocycles. The van der Waals surface area contributed by atoms with Crippen LogP contribution in [0.5, 0.6) is 5.75 Å². The standard InChI is InChI=1S/C18H13ClN2O6/c1-25-18(22)12-5-6-16(15(8-12)21(23)24)26-9-14-10-27-17(20-14)11-3-2-4-13(19)7-11/h2-8,10H,9H2,1H3. The molecule has 1 aromatic heterocycles. The maximum absolute atomic E-state index is 11.5. The predicted octanol–water partition coefficient (Wildman–Crippen LogP) is 4.27. The van der Waals surface area contributed by atoms with Crippen LogP contribution in [0.3, 0.4) is 0 Å². The molecule has 0 unspecified atom stereocenters. The number of nitrogens with zero attached hydrogens (tertiary/aromatic N) is 2. The summed E-state index contributed by atoms with van der Waals surface area (Å²) in [7, 11) is 1.20. The van der Waals surface area contributed by atoms with Crippen molar-refractivity contribution in [3.8, 4) is 17.2 Å². The molecule has 8 nitrogen and oxygen atoms in total. The fourth-order valence-corrected chi connectivity index (χ4v) is 2.50. The highest BCUT2D eigenvalue weighted by molar-refractivity contribution is 6.30. The second-order valence-corrected chi connectivity index (χ2v) is 5.81. The average Bonchev–Trinajstić information content (AvgIpc) is 3.14. The highest BCUT2D eigenvalue weighted by atomic mass is 35.5. The first kappa shape index (κ1) is 18.4. The number of methoxy groups -OCH3 is 1. The number of nitro benzene ring substituents is 1. The van der Waals surface area contributed by atoms with Gasteiger partial charge in [0.05, 0.1) is 17.6 Å². The Bertz CT molecular complexity index is 1000. The van der Waals surface area contributed by atoms with E-state index in [2.05, 4.69) is 9.72 Å². The quantitative estimate of drug-likeness (QED) is 0.352. The Kier molecular flexibility index (Phi) is 5.37. The first-order valence-electron chi connectivity index (χ1n) is 7.68. The van der Waals surface area contributed by atoms with E-state index in [1.165, 1.54) is 25.5 Å². The summed E-state index contributed by atoms with van der Waals surface area (Å²) in [5.74, 6) is -0.320. The first-order valence-corrected chi connectivity index (χ1v) is 8.05. The highest BCUT2D eigenvalue weighted by Crippen LogP contribution is 2.29. The minimum Gasteiger partial charge on any atom is -0.480 e. The lowest BCUT2D eigenvalue weighted by Crippen LogP contribution is -2.04. The SMILES string of the molecule is COC(=O)c1ccc(OCc2coc(-c3cccc(Cl)c3)n2)c([N+](=O)[O-])c1. The molecule has 0 amide bonds. The lowest BCUT2D eigenvalue weighted by molar-refractivity contribution is -0.386. The fourth-order valence-electron chi connectivity index (χ4n) is 2.31. The molecule has 0 N–H and O–H groups in total. The normalized spacial score (nSPS) is 10.4. The minimum atomic E-state index is -0.674. The molecule has 0 aliphatic carbocycles. The third-order valence-electron chi connectivity index (χ3n) is 3.58. The number of ether oxygens (including phenoxy) is 2. The van der Waals surface area contributed by atoms with Crippen molar-refractivity contribution in [2.24, 2.45) is 0 Å². The van der Waals surface area contributed by atoms with Gasteiger partial charge < -0.3 is 13.9 Å². The van der Waals surface area contributed by atoms with E-state index >= 15 is 0 Å². The van der Waals surface area contributed by atoms with Gasteiger partial charge in [-0.25, -0.2) is 9.78 Å². The lowest BCUT2D eigenvalue weighted by atomic mass is 10.2. The summed E-state index contributed by atoms with van der Waals surface area (Å²) in [6.07, 6.45) is 1.39. The van der Waals surface area contributed by atoms with E-state index in [0.29, 0.717) is 22.2 Å². The third-order valence-corrected chi connectivity index (χ3v) is 3.81. The summed E-state index contributed by atoms with van der Waals surface area (Å²) in [6, 6.07) is 10.8. The number of carbonyl (C=O) groups excluding carboxylic acids is 1. The van der Waals surface area contributed by atoms with Gasteiger partial charge in [0.25, 0.3) is 0 Å². The van der Waals surface area contributed by atoms with Crippen molar-refractivity contribution in [2.45, 2.75) is 6.61 Å². The Hall–Kier alpha value is -3.39. The molecule has 0 aliphatic heterocycles. The zero-order valence-corrected chi connectivity index (χ0v) is 14.8. The van der Waals surface area contributed by atoms with E-state index in [0.717, 1.165) is 6.07 Å². The van der Waals surface area contributed by atoms with E-state index < -0.39 is 10.9 Å². The van der Waals surface area contributed by atoms with Gasteiger partial charge in [0.15, 0.2) is 5.75 Å². The highest BCUT2D eigenvalue weighted by Gasteiger charge is 2.20. The van der Waals surface area contributed by atoms with Gasteiger partial charge in [-0.3, -0.25) is 10.1 Å². The molecular weight excluding hydrogens is 376 g/mol. The van der Waals surface area contributed by atoms with Crippen molar-refractivity contribution in [3.05, 3.63) is 75.1 Å². The number of benzene rings is 2. The summed E-state index contributed by atoms with van der Waals surface area (Å²) in [5.41, 5.74) is 0.844. The van der Waals surface area contributed by atoms with Gasteiger partial charge in [0, 0.05) is 16.7 Å². The second kappa shape index (κ2) is 7.88. The Labute approximate surface area is 158 Å². The molecule has 2 aromatic carbocycles. The van der Waals surface area contributed by atoms with Crippen molar-refractivity contribution < 1.29 is 23.6 Å². The van der Waals surface area contributed by atoms with Crippen LogP contribution in [0.2, 0.25) is 5.02 Å². The van der Waals surface area contributed by atoms with E-state index in [1.54, 1.807) is 24.3 Å². The largest absolute Gasteiger partial charge is 0.480 e. The topological polar surface area (TPSA) is 105 Å². The molecule has 0 saturated carbocycles. The van der Waals surface area contributed by atoms with E-state index in [4.69, 9.17) is 20.8 Å². The molecule has 3 aromatic rings. The summed E-state index contributed by atoms with van der Waals surface area (Å²) in [4.78, 5) is 26.4. The van der Waals surface area contributed by atoms with Crippen LogP contribution in [0.15, 0.2) is 53.1 Å². The number of hydrogen-bond acceptors (Lipinski definition) is 7. The smallest absolute Gasteiger partial charge is 0.338 e. The molecule has 0 fully saturated rings. The molecule has 0 atom stereocenters. The number of halogens is 1. The number of hydrogen-bond donors (Lipinski definition) is 0. The van der Waals surface area contributed by atoms with Gasteiger partial charge in [-0.2, -0.15) is 0 Å². The molecular formula is C18H13ClN2O6. The first-order chi connectivity index (χ1) is 13.0. The van der Waals surface area contributed by atoms with Crippen LogP contribution in [0.1, 0.15) is 16.1 Å². The van der Waals surface area contributed by atoms with Crippen molar-refractivity contribution in [1.82, 2.24) is 4.98 Å². The zero-order chi connectivity index (χ0) is 19.4. The zero-order valence-electron chi connectivity index (χ0n) is 14.0. The monoisotopic (exact) mass is 388 g/mol. The van der Waals surface area contributed by atoms with Crippen LogP contribution >= 0.6 is 11.6 Å². The molecule has 3 rings (SSSR count). The van der Waals surface area contributed by atoms with Crippen molar-refractivity contribution in [2.75, 3.05) is 7.11 Å². The predicted molar refractivity (Wildman–Crippen MR) is 95.7 cm³/mol. The van der Waals surface area contributed by atoms with Gasteiger partial charge in [-0.05, 0) is 30.3 Å². The van der Waals surface area contributed by atoms with Gasteiger partial charge in [-0.1, -0.05) is 17.7 Å². The Morgan fingerprint density at radius 1 is 1.30 bits per heavy atom. The molecule has 138 valence electrons. The molecule has 0 radical (unpaired) electrons. The number of aromatic nitrogens is 1. The summed E-state index contributed by atoms with van der Waals surface area (Å²) >= 11 is 5.94. The summed E-state index contributed by atoms with van der Waals surface area (Å²) < 4.78 is 15.4. The molecule has 0 bridgehead atoms. The van der Waals surface area contributed by atoms with E-state index in [-0.39, 0.29) is 23.6 Å². The number of nitro groups is 1. The van der Waals surface area contributed by atoms with Gasteiger partial charge in [0.1, 0.15) is 18.6 Å². The van der Waals surface area contributed by atoms with Crippen LogP contribution in [-0.4, -0.2) is 23.0 Å². The molecule has 9 heteroatoms. The van der Waals surface area contributed by atoms with E-state index in [9.17, 15) is 14.9 Å². The lowest BCUT2D eigenvalue weighted by Gasteiger charge is -2.06. The van der Waals surface area contributed by atoms with Gasteiger partial charge in [-0.15, -0.1) is 0 Å². The minimum absolute atomic E-state index is 0.0000383. The summed E-state index contributed by atoms with van der Waals surface area (Å²) in [5, 5.41) is 11.8. The van der Waals surface area contributed by atoms with Crippen LogP contribution < -0.4 is 4.74 Å². The number of oxazole rings is 1. The van der Waals surface area contributed by atoms with Crippen molar-refractivity contribution >= 4 is 23.3 Å². The number of rotatable bonds is 6. The van der Waals surface area contributed by atoms with Gasteiger partial charge >= 0.3 is 11.7 Å². The van der Waals surface area contributed by atoms with E-state index in [1.807, 2.05) is 0 Å². The maximum atomic E-state index is 11.5. The number of esters is 1. The van der Waals surface area contributed by atoms with Crippen LogP contribution in [-0.2, 0) is 11.3 Å². The van der Waals surface area contributed by atoms with Crippen molar-refractivity contribution in [1.29, 1.82) is 0 Å². The third kappa shape index (κ3) is 4.24. The Morgan fingerprint density at radius 2 is 2.11 bits per heavy atom. The molecule has 1 heterocycles. The Balaban J connectivity index is 1.77. The van der Waals surface area contributed by atoms with Gasteiger partial charge in [0.2, 0.25) is 5.89 Å². The van der Waals surface area contributed by atoms with Crippen molar-refractivity contribution in [3.63, 3.8) is 0 Å². The van der Waals surface area contributed by atoms with Crippen LogP contribution in [0.25, 0.3) is 11.5 Å². The number of carbonyl (C=O) groups is 1. The fraction of sp³-hybridized carbons (Fsp3) is 0.111. The maximum Gasteiger partial charge on any atom is 0.338 e. The molecule has 27 heavy (non-hydrogen) atoms. The molecule has 0 spiro atoms. The second-order valence-electron chi connectivity index (χ2n) is 5.37. The average molecular weight is 389 g/mol. The molecule has 0 aliphatic rings.